The summed E-state index contributed by atoms with van der Waals surface area (Å²) >= 11 is 0. The number of hydrogen-bond donors (Lipinski definition) is 0. The lowest BCUT2D eigenvalue weighted by Gasteiger charge is -2.03. The van der Waals surface area contributed by atoms with Crippen molar-refractivity contribution in [2.45, 2.75) is 12.8 Å². The van der Waals surface area contributed by atoms with Crippen LogP contribution >= 0.6 is 0 Å². The lowest BCUT2D eigenvalue weighted by atomic mass is 10.0. The molecule has 1 heterocycles. The largest absolute Gasteiger partial charge is 0.373 e. The Balaban J connectivity index is 2.10. The molecule has 1 heteroatoms. The van der Waals surface area contributed by atoms with E-state index in [0.717, 1.165) is 26.1 Å². The smallest absolute Gasteiger partial charge is 0.0688 e. The van der Waals surface area contributed by atoms with Crippen LogP contribution in [0.3, 0.4) is 0 Å². The quantitative estimate of drug-likeness (QED) is 0.678. The first-order valence-corrected chi connectivity index (χ1v) is 5.32. The topological polar surface area (TPSA) is 9.23 Å². The van der Waals surface area contributed by atoms with Gasteiger partial charge in [0.05, 0.1) is 13.2 Å². The fourth-order valence-electron chi connectivity index (χ4n) is 1.90. The molecule has 0 saturated carbocycles. The van der Waals surface area contributed by atoms with E-state index in [2.05, 4.69) is 30.8 Å². The van der Waals surface area contributed by atoms with E-state index in [0.29, 0.717) is 0 Å². The van der Waals surface area contributed by atoms with Gasteiger partial charge in [0, 0.05) is 0 Å². The molecule has 0 spiro atoms. The SMILES string of the molecule is C=CCC1=C(Cc2ccccc2)COC1. The summed E-state index contributed by atoms with van der Waals surface area (Å²) in [6.45, 7) is 5.35. The van der Waals surface area contributed by atoms with Crippen LogP contribution < -0.4 is 0 Å². The van der Waals surface area contributed by atoms with Crippen molar-refractivity contribution in [3.05, 3.63) is 59.7 Å². The molecule has 0 amide bonds. The average Bonchev–Trinajstić information content (AvgIpc) is 2.68. The van der Waals surface area contributed by atoms with Crippen molar-refractivity contribution in [2.75, 3.05) is 13.2 Å². The van der Waals surface area contributed by atoms with Crippen molar-refractivity contribution in [3.63, 3.8) is 0 Å². The summed E-state index contributed by atoms with van der Waals surface area (Å²) in [4.78, 5) is 0. The normalized spacial score (nSPS) is 15.7. The summed E-state index contributed by atoms with van der Waals surface area (Å²) in [6.07, 6.45) is 3.93. The Bertz CT molecular complexity index is 362. The van der Waals surface area contributed by atoms with E-state index in [1.807, 2.05) is 12.1 Å². The van der Waals surface area contributed by atoms with Crippen LogP contribution in [-0.2, 0) is 11.2 Å². The van der Waals surface area contributed by atoms with E-state index >= 15 is 0 Å². The van der Waals surface area contributed by atoms with Crippen molar-refractivity contribution in [1.29, 1.82) is 0 Å². The minimum atomic E-state index is 0.786. The van der Waals surface area contributed by atoms with E-state index in [-0.39, 0.29) is 0 Å². The van der Waals surface area contributed by atoms with Gasteiger partial charge in [0.1, 0.15) is 0 Å². The molecule has 0 atom stereocenters. The van der Waals surface area contributed by atoms with Crippen LogP contribution in [0, 0.1) is 0 Å². The highest BCUT2D eigenvalue weighted by molar-refractivity contribution is 5.28. The predicted molar refractivity (Wildman–Crippen MR) is 62.8 cm³/mol. The monoisotopic (exact) mass is 200 g/mol. The maximum atomic E-state index is 5.47. The minimum Gasteiger partial charge on any atom is -0.373 e. The fourth-order valence-corrected chi connectivity index (χ4v) is 1.90. The van der Waals surface area contributed by atoms with Gasteiger partial charge in [-0.25, -0.2) is 0 Å². The zero-order chi connectivity index (χ0) is 10.5. The van der Waals surface area contributed by atoms with Crippen molar-refractivity contribution in [3.8, 4) is 0 Å². The molecular weight excluding hydrogens is 184 g/mol. The first-order valence-electron chi connectivity index (χ1n) is 5.32. The van der Waals surface area contributed by atoms with Gasteiger partial charge in [-0.2, -0.15) is 0 Å². The maximum Gasteiger partial charge on any atom is 0.0688 e. The molecule has 15 heavy (non-hydrogen) atoms. The van der Waals surface area contributed by atoms with E-state index < -0.39 is 0 Å². The Hall–Kier alpha value is -1.34. The minimum absolute atomic E-state index is 0.786. The van der Waals surface area contributed by atoms with E-state index in [4.69, 9.17) is 4.74 Å². The number of rotatable bonds is 4. The van der Waals surface area contributed by atoms with Gasteiger partial charge >= 0.3 is 0 Å². The fraction of sp³-hybridized carbons (Fsp3) is 0.286. The van der Waals surface area contributed by atoms with Gasteiger partial charge in [-0.1, -0.05) is 36.4 Å². The lowest BCUT2D eigenvalue weighted by Crippen LogP contribution is -1.94. The summed E-state index contributed by atoms with van der Waals surface area (Å²) in [6, 6.07) is 10.5. The third kappa shape index (κ3) is 2.57. The highest BCUT2D eigenvalue weighted by Crippen LogP contribution is 2.21. The second kappa shape index (κ2) is 4.94. The van der Waals surface area contributed by atoms with Crippen LogP contribution in [0.4, 0.5) is 0 Å². The molecule has 0 radical (unpaired) electrons. The molecule has 2 rings (SSSR count). The van der Waals surface area contributed by atoms with E-state index in [1.165, 1.54) is 16.7 Å². The first kappa shape index (κ1) is 10.2. The molecule has 0 unspecified atom stereocenters. The number of allylic oxidation sites excluding steroid dienone is 1. The van der Waals surface area contributed by atoms with Crippen LogP contribution in [0.5, 0.6) is 0 Å². The summed E-state index contributed by atoms with van der Waals surface area (Å²) in [5.41, 5.74) is 4.20. The Morgan fingerprint density at radius 3 is 2.60 bits per heavy atom. The molecule has 78 valence electrons. The molecule has 0 saturated heterocycles. The van der Waals surface area contributed by atoms with Crippen molar-refractivity contribution in [2.24, 2.45) is 0 Å². The third-order valence-corrected chi connectivity index (χ3v) is 2.70. The molecule has 1 aliphatic rings. The summed E-state index contributed by atoms with van der Waals surface area (Å²) in [7, 11) is 0. The Kier molecular flexibility index (Phi) is 3.36. The molecule has 1 aliphatic heterocycles. The molecule has 0 fully saturated rings. The molecule has 0 N–H and O–H groups in total. The maximum absolute atomic E-state index is 5.47. The number of hydrogen-bond acceptors (Lipinski definition) is 1. The average molecular weight is 200 g/mol. The summed E-state index contributed by atoms with van der Waals surface area (Å²) in [5, 5.41) is 0. The Morgan fingerprint density at radius 1 is 1.13 bits per heavy atom. The van der Waals surface area contributed by atoms with Gasteiger partial charge in [-0.3, -0.25) is 0 Å². The molecule has 0 aromatic heterocycles. The third-order valence-electron chi connectivity index (χ3n) is 2.70. The molecular formula is C14H16O. The van der Waals surface area contributed by atoms with Crippen LogP contribution in [0.1, 0.15) is 12.0 Å². The molecule has 1 aromatic rings. The second-order valence-electron chi connectivity index (χ2n) is 3.86. The Labute approximate surface area is 91.1 Å². The van der Waals surface area contributed by atoms with Gasteiger partial charge in [-0.05, 0) is 29.6 Å². The van der Waals surface area contributed by atoms with Gasteiger partial charge in [0.2, 0.25) is 0 Å². The van der Waals surface area contributed by atoms with Crippen molar-refractivity contribution < 1.29 is 4.74 Å². The van der Waals surface area contributed by atoms with Gasteiger partial charge in [-0.15, -0.1) is 6.58 Å². The number of benzene rings is 1. The van der Waals surface area contributed by atoms with E-state index in [9.17, 15) is 0 Å². The van der Waals surface area contributed by atoms with Crippen LogP contribution in [0.25, 0.3) is 0 Å². The Morgan fingerprint density at radius 2 is 1.87 bits per heavy atom. The molecule has 1 nitrogen and oxygen atoms in total. The molecule has 0 bridgehead atoms. The van der Waals surface area contributed by atoms with Crippen molar-refractivity contribution in [1.82, 2.24) is 0 Å². The molecule has 0 aliphatic carbocycles. The highest BCUT2D eigenvalue weighted by atomic mass is 16.5. The summed E-state index contributed by atoms with van der Waals surface area (Å²) in [5.74, 6) is 0. The van der Waals surface area contributed by atoms with Crippen LogP contribution in [0.2, 0.25) is 0 Å². The van der Waals surface area contributed by atoms with E-state index in [1.54, 1.807) is 0 Å². The second-order valence-corrected chi connectivity index (χ2v) is 3.86. The van der Waals surface area contributed by atoms with Crippen LogP contribution in [0.15, 0.2) is 54.1 Å². The zero-order valence-corrected chi connectivity index (χ0v) is 8.91. The van der Waals surface area contributed by atoms with Gasteiger partial charge in [0.15, 0.2) is 0 Å². The standard InChI is InChI=1S/C14H16O/c1-2-6-13-10-15-11-14(13)9-12-7-4-3-5-8-12/h2-5,7-8H,1,6,9-11H2. The summed E-state index contributed by atoms with van der Waals surface area (Å²) < 4.78 is 5.47. The molecule has 1 aromatic carbocycles. The van der Waals surface area contributed by atoms with Gasteiger partial charge in [0.25, 0.3) is 0 Å². The van der Waals surface area contributed by atoms with Gasteiger partial charge < -0.3 is 4.74 Å². The zero-order valence-electron chi connectivity index (χ0n) is 8.91. The van der Waals surface area contributed by atoms with Crippen LogP contribution in [-0.4, -0.2) is 13.2 Å². The highest BCUT2D eigenvalue weighted by Gasteiger charge is 2.13. The van der Waals surface area contributed by atoms with Crippen molar-refractivity contribution >= 4 is 0 Å². The lowest BCUT2D eigenvalue weighted by molar-refractivity contribution is 0.203. The first-order chi connectivity index (χ1) is 7.40. The number of ether oxygens (including phenoxy) is 1. The predicted octanol–water partition coefficient (Wildman–Crippen LogP) is 3.13.